The van der Waals surface area contributed by atoms with Crippen LogP contribution in [0, 0.1) is 13.8 Å². The summed E-state index contributed by atoms with van der Waals surface area (Å²) in [6.45, 7) is 6.71. The molecule has 0 fully saturated rings. The molecule has 172 valence electrons. The molecule has 0 unspecified atom stereocenters. The number of benzene rings is 1. The third kappa shape index (κ3) is 9.18. The van der Waals surface area contributed by atoms with Gasteiger partial charge in [-0.05, 0) is 38.0 Å². The molecular formula is C22H33IN4O4. The van der Waals surface area contributed by atoms with Crippen LogP contribution >= 0.6 is 24.0 Å². The number of halogens is 1. The highest BCUT2D eigenvalue weighted by Gasteiger charge is 2.11. The molecule has 9 heteroatoms. The van der Waals surface area contributed by atoms with E-state index in [1.54, 1.807) is 20.2 Å². The van der Waals surface area contributed by atoms with Crippen LogP contribution in [0.2, 0.25) is 0 Å². The fourth-order valence-electron chi connectivity index (χ4n) is 2.76. The smallest absolute Gasteiger partial charge is 0.287 e. The summed E-state index contributed by atoms with van der Waals surface area (Å²) >= 11 is 0. The molecular weight excluding hydrogens is 511 g/mol. The second-order valence-electron chi connectivity index (χ2n) is 6.85. The van der Waals surface area contributed by atoms with Crippen molar-refractivity contribution >= 4 is 35.8 Å². The number of carbonyl (C=O) groups excluding carboxylic acids is 1. The van der Waals surface area contributed by atoms with Crippen molar-refractivity contribution in [2.24, 2.45) is 4.99 Å². The summed E-state index contributed by atoms with van der Waals surface area (Å²) in [7, 11) is 3.38. The first kappa shape index (κ1) is 26.8. The molecule has 2 aromatic rings. The van der Waals surface area contributed by atoms with E-state index < -0.39 is 0 Å². The zero-order chi connectivity index (χ0) is 21.8. The van der Waals surface area contributed by atoms with Gasteiger partial charge in [0.25, 0.3) is 5.91 Å². The molecule has 0 aliphatic carbocycles. The molecule has 1 heterocycles. The summed E-state index contributed by atoms with van der Waals surface area (Å²) in [5.74, 6) is 1.69. The van der Waals surface area contributed by atoms with Crippen molar-refractivity contribution in [3.05, 3.63) is 53.0 Å². The first-order valence-electron chi connectivity index (χ1n) is 10.0. The van der Waals surface area contributed by atoms with Crippen LogP contribution in [0.5, 0.6) is 5.75 Å². The van der Waals surface area contributed by atoms with Gasteiger partial charge in [-0.25, -0.2) is 0 Å². The molecule has 0 spiro atoms. The number of ether oxygens (including phenoxy) is 2. The monoisotopic (exact) mass is 544 g/mol. The normalized spacial score (nSPS) is 10.9. The molecule has 1 amide bonds. The van der Waals surface area contributed by atoms with Crippen LogP contribution < -0.4 is 20.7 Å². The Morgan fingerprint density at radius 3 is 2.55 bits per heavy atom. The highest BCUT2D eigenvalue weighted by molar-refractivity contribution is 14.0. The number of carbonyl (C=O) groups is 1. The Bertz CT molecular complexity index is 839. The molecule has 0 radical (unpaired) electrons. The third-order valence-electron chi connectivity index (χ3n) is 4.44. The lowest BCUT2D eigenvalue weighted by Gasteiger charge is -2.15. The van der Waals surface area contributed by atoms with Crippen LogP contribution in [0.25, 0.3) is 0 Å². The Morgan fingerprint density at radius 1 is 1.10 bits per heavy atom. The highest BCUT2D eigenvalue weighted by atomic mass is 127. The van der Waals surface area contributed by atoms with Crippen molar-refractivity contribution in [1.82, 2.24) is 16.0 Å². The van der Waals surface area contributed by atoms with Crippen LogP contribution in [-0.2, 0) is 11.3 Å². The molecule has 3 N–H and O–H groups in total. The van der Waals surface area contributed by atoms with Crippen molar-refractivity contribution in [3.63, 3.8) is 0 Å². The molecule has 0 saturated heterocycles. The Balaban J connectivity index is 0.00000480. The minimum absolute atomic E-state index is 0. The summed E-state index contributed by atoms with van der Waals surface area (Å²) in [6.07, 6.45) is 2.27. The Hall–Kier alpha value is -2.27. The lowest BCUT2D eigenvalue weighted by Crippen LogP contribution is -2.38. The van der Waals surface area contributed by atoms with Gasteiger partial charge >= 0.3 is 0 Å². The topological polar surface area (TPSA) is 97.1 Å². The fraction of sp³-hybridized carbons (Fsp3) is 0.455. The van der Waals surface area contributed by atoms with Gasteiger partial charge in [-0.1, -0.05) is 12.1 Å². The second kappa shape index (κ2) is 14.7. The van der Waals surface area contributed by atoms with E-state index >= 15 is 0 Å². The van der Waals surface area contributed by atoms with Crippen LogP contribution in [-0.4, -0.2) is 52.3 Å². The Labute approximate surface area is 201 Å². The van der Waals surface area contributed by atoms with Gasteiger partial charge in [0.1, 0.15) is 12.4 Å². The number of aryl methyl sites for hydroxylation is 2. The standard InChI is InChI=1S/C22H32N4O4.HI/c1-16-6-7-18(19(14-16)29-13-12-28-4)15-26-22(23-3)25-10-5-9-24-21(27)20-17(2)8-11-30-20;/h6-8,11,14H,5,9-10,12-13,15H2,1-4H3,(H,24,27)(H2,23,25,26);1H. The van der Waals surface area contributed by atoms with Crippen molar-refractivity contribution in [2.75, 3.05) is 40.5 Å². The average Bonchev–Trinajstić information content (AvgIpc) is 3.17. The van der Waals surface area contributed by atoms with Gasteiger partial charge in [-0.15, -0.1) is 24.0 Å². The van der Waals surface area contributed by atoms with Crippen LogP contribution in [0.15, 0.2) is 39.9 Å². The molecule has 1 aromatic carbocycles. The maximum absolute atomic E-state index is 12.0. The van der Waals surface area contributed by atoms with Crippen molar-refractivity contribution < 1.29 is 18.7 Å². The van der Waals surface area contributed by atoms with E-state index in [0.717, 1.165) is 28.9 Å². The number of aliphatic imine (C=N–C) groups is 1. The van der Waals surface area contributed by atoms with E-state index in [1.807, 2.05) is 26.0 Å². The van der Waals surface area contributed by atoms with Gasteiger partial charge in [0.05, 0.1) is 12.9 Å². The fourth-order valence-corrected chi connectivity index (χ4v) is 2.76. The molecule has 31 heavy (non-hydrogen) atoms. The molecule has 0 aliphatic heterocycles. The van der Waals surface area contributed by atoms with E-state index in [9.17, 15) is 4.79 Å². The average molecular weight is 544 g/mol. The maximum atomic E-state index is 12.0. The number of rotatable bonds is 11. The Morgan fingerprint density at radius 2 is 1.87 bits per heavy atom. The summed E-state index contributed by atoms with van der Waals surface area (Å²) < 4.78 is 16.1. The SMILES string of the molecule is CN=C(NCCCNC(=O)c1occc1C)NCc1ccc(C)cc1OCCOC.I. The molecule has 0 bridgehead atoms. The van der Waals surface area contributed by atoms with Crippen LogP contribution in [0.3, 0.4) is 0 Å². The number of methoxy groups -OCH3 is 1. The molecule has 0 saturated carbocycles. The number of furan rings is 1. The number of guanidine groups is 1. The Kier molecular flexibility index (Phi) is 12.7. The first-order chi connectivity index (χ1) is 14.5. The second-order valence-corrected chi connectivity index (χ2v) is 6.85. The number of nitrogens with one attached hydrogen (secondary N) is 3. The zero-order valence-electron chi connectivity index (χ0n) is 18.6. The van der Waals surface area contributed by atoms with Gasteiger partial charge in [0, 0.05) is 44.9 Å². The summed E-state index contributed by atoms with van der Waals surface area (Å²) in [5.41, 5.74) is 3.01. The number of hydrogen-bond acceptors (Lipinski definition) is 5. The van der Waals surface area contributed by atoms with E-state index in [1.165, 1.54) is 6.26 Å². The molecule has 0 aliphatic rings. The number of amides is 1. The minimum atomic E-state index is -0.194. The summed E-state index contributed by atoms with van der Waals surface area (Å²) in [4.78, 5) is 16.3. The molecule has 2 rings (SSSR count). The minimum Gasteiger partial charge on any atom is -0.491 e. The van der Waals surface area contributed by atoms with E-state index in [0.29, 0.717) is 44.6 Å². The predicted molar refractivity (Wildman–Crippen MR) is 133 cm³/mol. The molecule has 0 atom stereocenters. The van der Waals surface area contributed by atoms with Crippen molar-refractivity contribution in [2.45, 2.75) is 26.8 Å². The molecule has 8 nitrogen and oxygen atoms in total. The summed E-state index contributed by atoms with van der Waals surface area (Å²) in [6, 6.07) is 7.89. The molecule has 1 aromatic heterocycles. The van der Waals surface area contributed by atoms with Gasteiger partial charge in [0.2, 0.25) is 0 Å². The predicted octanol–water partition coefficient (Wildman–Crippen LogP) is 3.02. The van der Waals surface area contributed by atoms with Crippen molar-refractivity contribution in [1.29, 1.82) is 0 Å². The van der Waals surface area contributed by atoms with Crippen molar-refractivity contribution in [3.8, 4) is 5.75 Å². The van der Waals surface area contributed by atoms with Crippen LogP contribution in [0.4, 0.5) is 0 Å². The highest BCUT2D eigenvalue weighted by Crippen LogP contribution is 2.20. The quantitative estimate of drug-likeness (QED) is 0.174. The van der Waals surface area contributed by atoms with E-state index in [2.05, 4.69) is 27.0 Å². The van der Waals surface area contributed by atoms with Gasteiger partial charge in [-0.3, -0.25) is 9.79 Å². The van der Waals surface area contributed by atoms with E-state index in [-0.39, 0.29) is 29.9 Å². The van der Waals surface area contributed by atoms with Gasteiger partial charge in [0.15, 0.2) is 11.7 Å². The van der Waals surface area contributed by atoms with Gasteiger partial charge in [-0.2, -0.15) is 0 Å². The van der Waals surface area contributed by atoms with Gasteiger partial charge < -0.3 is 29.8 Å². The zero-order valence-corrected chi connectivity index (χ0v) is 20.9. The van der Waals surface area contributed by atoms with Crippen LogP contribution in [0.1, 0.15) is 33.7 Å². The summed E-state index contributed by atoms with van der Waals surface area (Å²) in [5, 5.41) is 9.39. The number of hydrogen-bond donors (Lipinski definition) is 3. The lowest BCUT2D eigenvalue weighted by molar-refractivity contribution is 0.0925. The first-order valence-corrected chi connectivity index (χ1v) is 10.0. The number of nitrogens with zero attached hydrogens (tertiary/aromatic N) is 1. The third-order valence-corrected chi connectivity index (χ3v) is 4.44. The maximum Gasteiger partial charge on any atom is 0.287 e. The van der Waals surface area contributed by atoms with E-state index in [4.69, 9.17) is 13.9 Å². The largest absolute Gasteiger partial charge is 0.491 e. The lowest BCUT2D eigenvalue weighted by atomic mass is 10.1.